The standard InChI is InChI=1S/C29H27NO4S/c1-3-19(4-2)28(33)30-15-13-29(14-16-30)18-35-27-25(32)24(31)22-12-8-11-21(17-23(22)26(27)34-29)20-9-6-5-7-10-20/h3-7,9-12,17H,1,8,13-16,18H2,2H3/b19-4+. The van der Waals surface area contributed by atoms with Gasteiger partial charge in [0.05, 0.1) is 0 Å². The molecule has 0 radical (unpaired) electrons. The van der Waals surface area contributed by atoms with E-state index in [1.54, 1.807) is 12.2 Å². The second kappa shape index (κ2) is 9.34. The lowest BCUT2D eigenvalue weighted by Gasteiger charge is -2.45. The quantitative estimate of drug-likeness (QED) is 0.345. The number of ether oxygens (including phenoxy) is 1. The van der Waals surface area contributed by atoms with Gasteiger partial charge in [-0.1, -0.05) is 61.2 Å². The van der Waals surface area contributed by atoms with Crippen LogP contribution < -0.4 is 0 Å². The number of thioether (sulfide) groups is 1. The van der Waals surface area contributed by atoms with Gasteiger partial charge in [0.15, 0.2) is 0 Å². The third-order valence-corrected chi connectivity index (χ3v) is 8.33. The Morgan fingerprint density at radius 1 is 1.09 bits per heavy atom. The topological polar surface area (TPSA) is 63.7 Å². The van der Waals surface area contributed by atoms with E-state index in [-0.39, 0.29) is 5.91 Å². The number of ketones is 2. The molecule has 2 aliphatic heterocycles. The summed E-state index contributed by atoms with van der Waals surface area (Å²) >= 11 is 1.41. The maximum atomic E-state index is 13.0. The lowest BCUT2D eigenvalue weighted by Crippen LogP contribution is -2.51. The van der Waals surface area contributed by atoms with Crippen molar-refractivity contribution in [1.82, 2.24) is 4.90 Å². The van der Waals surface area contributed by atoms with Crippen molar-refractivity contribution in [1.29, 1.82) is 0 Å². The van der Waals surface area contributed by atoms with Crippen molar-refractivity contribution in [2.24, 2.45) is 0 Å². The van der Waals surface area contributed by atoms with Crippen molar-refractivity contribution < 1.29 is 19.1 Å². The first-order chi connectivity index (χ1) is 17.0. The lowest BCUT2D eigenvalue weighted by molar-refractivity contribution is -0.133. The summed E-state index contributed by atoms with van der Waals surface area (Å²) in [6.45, 7) is 6.70. The summed E-state index contributed by atoms with van der Waals surface area (Å²) in [5.74, 6) is 0.129. The highest BCUT2D eigenvalue weighted by Gasteiger charge is 2.47. The van der Waals surface area contributed by atoms with E-state index in [1.165, 1.54) is 11.8 Å². The number of piperidine rings is 1. The third-order valence-electron chi connectivity index (χ3n) is 7.00. The van der Waals surface area contributed by atoms with E-state index in [0.717, 1.165) is 11.1 Å². The zero-order valence-corrected chi connectivity index (χ0v) is 20.5. The Labute approximate surface area is 209 Å². The van der Waals surface area contributed by atoms with Crippen LogP contribution in [-0.4, -0.2) is 46.8 Å². The summed E-state index contributed by atoms with van der Waals surface area (Å²) in [4.78, 5) is 40.9. The summed E-state index contributed by atoms with van der Waals surface area (Å²) in [6, 6.07) is 10.0. The Bertz CT molecular complexity index is 1270. The monoisotopic (exact) mass is 485 g/mol. The van der Waals surface area contributed by atoms with Gasteiger partial charge in [0, 0.05) is 48.4 Å². The highest BCUT2D eigenvalue weighted by molar-refractivity contribution is 8.04. The van der Waals surface area contributed by atoms with Crippen molar-refractivity contribution in [3.8, 4) is 0 Å². The predicted octanol–water partition coefficient (Wildman–Crippen LogP) is 4.95. The third kappa shape index (κ3) is 4.16. The lowest BCUT2D eigenvalue weighted by atomic mass is 9.87. The molecule has 0 aromatic heterocycles. The second-order valence-electron chi connectivity index (χ2n) is 9.07. The molecule has 178 valence electrons. The zero-order valence-electron chi connectivity index (χ0n) is 19.7. The van der Waals surface area contributed by atoms with Gasteiger partial charge in [-0.25, -0.2) is 0 Å². The molecule has 4 aliphatic rings. The SMILES string of the molecule is C=C/C(=C\C)C(=O)N1CCC2(CC1)CSC1=C(O2)C2=CC(c3ccccc3)=CCC=C2C(=O)C1=O. The maximum absolute atomic E-state index is 13.0. The van der Waals surface area contributed by atoms with E-state index in [0.29, 0.717) is 65.5 Å². The molecule has 35 heavy (non-hydrogen) atoms. The maximum Gasteiger partial charge on any atom is 0.253 e. The Morgan fingerprint density at radius 2 is 1.83 bits per heavy atom. The molecule has 1 aromatic carbocycles. The van der Waals surface area contributed by atoms with E-state index < -0.39 is 17.2 Å². The predicted molar refractivity (Wildman–Crippen MR) is 138 cm³/mol. The second-order valence-corrected chi connectivity index (χ2v) is 10.1. The van der Waals surface area contributed by atoms with Crippen LogP contribution in [0.1, 0.15) is 31.7 Å². The van der Waals surface area contributed by atoms with Crippen LogP contribution in [0.25, 0.3) is 5.57 Å². The fourth-order valence-electron chi connectivity index (χ4n) is 4.95. The Kier molecular flexibility index (Phi) is 6.24. The van der Waals surface area contributed by atoms with Crippen LogP contribution in [0.2, 0.25) is 0 Å². The number of rotatable bonds is 3. The largest absolute Gasteiger partial charge is 0.484 e. The fraction of sp³-hybridized carbons (Fsp3) is 0.276. The number of hydrogen-bond acceptors (Lipinski definition) is 5. The number of benzene rings is 1. The van der Waals surface area contributed by atoms with Crippen molar-refractivity contribution in [3.05, 3.63) is 100 Å². The molecule has 2 heterocycles. The van der Waals surface area contributed by atoms with Crippen LogP contribution in [0.5, 0.6) is 0 Å². The average molecular weight is 486 g/mol. The van der Waals surface area contributed by atoms with Crippen molar-refractivity contribution in [2.45, 2.75) is 31.8 Å². The fourth-order valence-corrected chi connectivity index (χ4v) is 6.21. The number of carbonyl (C=O) groups is 3. The van der Waals surface area contributed by atoms with Gasteiger partial charge >= 0.3 is 0 Å². The van der Waals surface area contributed by atoms with Gasteiger partial charge in [-0.15, -0.1) is 11.8 Å². The number of Topliss-reactive ketones (excluding diaryl/α,β-unsaturated/α-hetero) is 2. The van der Waals surface area contributed by atoms with Gasteiger partial charge in [0.1, 0.15) is 16.3 Å². The molecule has 1 amide bonds. The van der Waals surface area contributed by atoms with Crippen LogP contribution in [0.4, 0.5) is 0 Å². The first kappa shape index (κ1) is 23.4. The van der Waals surface area contributed by atoms with E-state index in [9.17, 15) is 14.4 Å². The molecule has 0 unspecified atom stereocenters. The first-order valence-corrected chi connectivity index (χ1v) is 12.9. The van der Waals surface area contributed by atoms with Crippen molar-refractivity contribution >= 4 is 34.8 Å². The number of carbonyl (C=O) groups excluding carboxylic acids is 3. The molecule has 5 rings (SSSR count). The first-order valence-electron chi connectivity index (χ1n) is 11.9. The number of allylic oxidation sites excluding steroid dienone is 7. The molecule has 5 nitrogen and oxygen atoms in total. The molecule has 0 saturated carbocycles. The molecule has 0 atom stereocenters. The Balaban J connectivity index is 1.46. The summed E-state index contributed by atoms with van der Waals surface area (Å²) in [5.41, 5.74) is 3.26. The van der Waals surface area contributed by atoms with Gasteiger partial charge in [0.2, 0.25) is 11.6 Å². The molecule has 0 bridgehead atoms. The Hall–Kier alpha value is -3.38. The van der Waals surface area contributed by atoms with E-state index in [2.05, 4.69) is 12.7 Å². The van der Waals surface area contributed by atoms with Crippen LogP contribution in [-0.2, 0) is 19.1 Å². The van der Waals surface area contributed by atoms with E-state index >= 15 is 0 Å². The van der Waals surface area contributed by atoms with Crippen molar-refractivity contribution in [3.63, 3.8) is 0 Å². The number of likely N-dealkylation sites (tertiary alicyclic amines) is 1. The molecule has 1 saturated heterocycles. The smallest absolute Gasteiger partial charge is 0.253 e. The van der Waals surface area contributed by atoms with Gasteiger partial charge in [-0.3, -0.25) is 14.4 Å². The number of fused-ring (bicyclic) bond motifs is 2. The van der Waals surface area contributed by atoms with Crippen molar-refractivity contribution in [2.75, 3.05) is 18.8 Å². The van der Waals surface area contributed by atoms with Gasteiger partial charge in [-0.05, 0) is 30.6 Å². The minimum absolute atomic E-state index is 0.0199. The van der Waals surface area contributed by atoms with Gasteiger partial charge in [-0.2, -0.15) is 0 Å². The summed E-state index contributed by atoms with van der Waals surface area (Å²) in [5, 5.41) is 0. The molecular weight excluding hydrogens is 458 g/mol. The minimum atomic E-state index is -0.486. The average Bonchev–Trinajstić information content (AvgIpc) is 3.12. The summed E-state index contributed by atoms with van der Waals surface area (Å²) < 4.78 is 6.66. The van der Waals surface area contributed by atoms with E-state index in [4.69, 9.17) is 4.74 Å². The molecule has 1 spiro atoms. The number of nitrogens with zero attached hydrogens (tertiary/aromatic N) is 1. The number of amides is 1. The summed E-state index contributed by atoms with van der Waals surface area (Å²) in [6.07, 6.45) is 11.1. The van der Waals surface area contributed by atoms with Crippen LogP contribution in [0.15, 0.2) is 94.7 Å². The molecular formula is C29H27NO4S. The van der Waals surface area contributed by atoms with E-state index in [1.807, 2.05) is 54.3 Å². The molecule has 0 N–H and O–H groups in total. The zero-order chi connectivity index (χ0) is 24.6. The minimum Gasteiger partial charge on any atom is -0.484 e. The van der Waals surface area contributed by atoms with Gasteiger partial charge in [0.25, 0.3) is 5.91 Å². The van der Waals surface area contributed by atoms with Crippen LogP contribution in [0, 0.1) is 0 Å². The Morgan fingerprint density at radius 3 is 2.51 bits per heavy atom. The molecule has 1 aromatic rings. The number of hydrogen-bond donors (Lipinski definition) is 0. The molecule has 1 fully saturated rings. The summed E-state index contributed by atoms with van der Waals surface area (Å²) in [7, 11) is 0. The van der Waals surface area contributed by atoms with Gasteiger partial charge < -0.3 is 9.64 Å². The highest BCUT2D eigenvalue weighted by atomic mass is 32.2. The highest BCUT2D eigenvalue weighted by Crippen LogP contribution is 2.48. The van der Waals surface area contributed by atoms with Crippen LogP contribution >= 0.6 is 11.8 Å². The molecule has 2 aliphatic carbocycles. The molecule has 6 heteroatoms. The van der Waals surface area contributed by atoms with Crippen LogP contribution in [0.3, 0.4) is 0 Å². The normalized spacial score (nSPS) is 21.8.